The molecule has 1 aromatic carbocycles. The van der Waals surface area contributed by atoms with Gasteiger partial charge in [-0.15, -0.1) is 0 Å². The van der Waals surface area contributed by atoms with Gasteiger partial charge in [0.2, 0.25) is 0 Å². The molecule has 0 amide bonds. The van der Waals surface area contributed by atoms with Crippen LogP contribution in [0.2, 0.25) is 10.0 Å². The lowest BCUT2D eigenvalue weighted by Crippen LogP contribution is -2.24. The molecule has 0 aromatic heterocycles. The van der Waals surface area contributed by atoms with Crippen LogP contribution in [0.5, 0.6) is 0 Å². The van der Waals surface area contributed by atoms with Crippen molar-refractivity contribution < 1.29 is 5.11 Å². The summed E-state index contributed by atoms with van der Waals surface area (Å²) in [5, 5.41) is 10.7. The summed E-state index contributed by atoms with van der Waals surface area (Å²) >= 11 is 11.6. The van der Waals surface area contributed by atoms with Crippen LogP contribution in [-0.4, -0.2) is 11.1 Å². The average molecular weight is 220 g/mol. The van der Waals surface area contributed by atoms with Gasteiger partial charge in [0.1, 0.15) is 0 Å². The Morgan fingerprint density at radius 3 is 2.54 bits per heavy atom. The molecule has 0 saturated heterocycles. The Morgan fingerprint density at radius 1 is 1.38 bits per heavy atom. The predicted molar refractivity (Wildman–Crippen MR) is 55.1 cm³/mol. The first-order valence-corrected chi connectivity index (χ1v) is 4.66. The number of rotatable bonds is 2. The van der Waals surface area contributed by atoms with Crippen LogP contribution in [-0.2, 0) is 0 Å². The zero-order chi connectivity index (χ0) is 10.0. The molecular formula is C9H11Cl2NO. The number of aliphatic hydroxyl groups excluding tert-OH is 1. The molecule has 13 heavy (non-hydrogen) atoms. The highest BCUT2D eigenvalue weighted by atomic mass is 35.5. The van der Waals surface area contributed by atoms with E-state index in [1.165, 1.54) is 0 Å². The topological polar surface area (TPSA) is 46.2 Å². The number of nitrogens with two attached hydrogens (primary N) is 1. The van der Waals surface area contributed by atoms with Crippen LogP contribution in [0.4, 0.5) is 0 Å². The molecule has 0 bridgehead atoms. The molecule has 0 aliphatic carbocycles. The average Bonchev–Trinajstić information content (AvgIpc) is 2.08. The molecule has 0 aliphatic rings. The van der Waals surface area contributed by atoms with Gasteiger partial charge in [-0.3, -0.25) is 0 Å². The molecule has 1 aromatic rings. The van der Waals surface area contributed by atoms with Crippen molar-refractivity contribution in [3.05, 3.63) is 33.8 Å². The minimum Gasteiger partial charge on any atom is -0.387 e. The van der Waals surface area contributed by atoms with E-state index in [0.29, 0.717) is 15.6 Å². The number of benzene rings is 1. The molecule has 4 heteroatoms. The molecule has 0 saturated carbocycles. The fraction of sp³-hybridized carbons (Fsp3) is 0.333. The Hall–Kier alpha value is -0.280. The zero-order valence-electron chi connectivity index (χ0n) is 7.17. The smallest absolute Gasteiger partial charge is 0.0953 e. The van der Waals surface area contributed by atoms with E-state index in [1.807, 2.05) is 0 Å². The number of hydrogen-bond donors (Lipinski definition) is 2. The van der Waals surface area contributed by atoms with E-state index in [9.17, 15) is 5.11 Å². The molecule has 72 valence electrons. The summed E-state index contributed by atoms with van der Waals surface area (Å²) in [5.74, 6) is 0. The Kier molecular flexibility index (Phi) is 3.56. The fourth-order valence-electron chi connectivity index (χ4n) is 1.02. The zero-order valence-corrected chi connectivity index (χ0v) is 8.68. The Balaban J connectivity index is 3.05. The molecule has 0 aliphatic heterocycles. The van der Waals surface area contributed by atoms with Crippen molar-refractivity contribution in [1.82, 2.24) is 0 Å². The first-order valence-electron chi connectivity index (χ1n) is 3.91. The second-order valence-electron chi connectivity index (χ2n) is 2.97. The molecule has 0 radical (unpaired) electrons. The molecule has 0 fully saturated rings. The summed E-state index contributed by atoms with van der Waals surface area (Å²) in [7, 11) is 0. The summed E-state index contributed by atoms with van der Waals surface area (Å²) in [4.78, 5) is 0. The van der Waals surface area contributed by atoms with Crippen molar-refractivity contribution in [2.24, 2.45) is 5.73 Å². The molecular weight excluding hydrogens is 209 g/mol. The second kappa shape index (κ2) is 4.29. The van der Waals surface area contributed by atoms with Crippen molar-refractivity contribution in [1.29, 1.82) is 0 Å². The lowest BCUT2D eigenvalue weighted by Gasteiger charge is -2.16. The Bertz CT molecular complexity index is 302. The number of halogens is 2. The lowest BCUT2D eigenvalue weighted by molar-refractivity contribution is 0.153. The maximum absolute atomic E-state index is 9.63. The van der Waals surface area contributed by atoms with Crippen molar-refractivity contribution >= 4 is 23.2 Å². The summed E-state index contributed by atoms with van der Waals surface area (Å²) in [5.41, 5.74) is 6.11. The van der Waals surface area contributed by atoms with Gasteiger partial charge in [-0.25, -0.2) is 0 Å². The van der Waals surface area contributed by atoms with E-state index in [0.717, 1.165) is 0 Å². The largest absolute Gasteiger partial charge is 0.387 e. The minimum absolute atomic E-state index is 0.365. The van der Waals surface area contributed by atoms with Crippen LogP contribution in [0.25, 0.3) is 0 Å². The molecule has 1 rings (SSSR count). The van der Waals surface area contributed by atoms with Gasteiger partial charge in [-0.1, -0.05) is 23.2 Å². The fourth-order valence-corrected chi connectivity index (χ4v) is 1.43. The third kappa shape index (κ3) is 2.58. The van der Waals surface area contributed by atoms with Gasteiger partial charge >= 0.3 is 0 Å². The number of hydrogen-bond acceptors (Lipinski definition) is 2. The summed E-state index contributed by atoms with van der Waals surface area (Å²) in [6.07, 6.45) is -0.772. The van der Waals surface area contributed by atoms with Gasteiger partial charge in [-0.05, 0) is 25.1 Å². The first kappa shape index (κ1) is 10.8. The van der Waals surface area contributed by atoms with Gasteiger partial charge in [-0.2, -0.15) is 0 Å². The van der Waals surface area contributed by atoms with Gasteiger partial charge in [0, 0.05) is 21.7 Å². The van der Waals surface area contributed by atoms with E-state index in [4.69, 9.17) is 28.9 Å². The lowest BCUT2D eigenvalue weighted by atomic mass is 10.0. The van der Waals surface area contributed by atoms with Gasteiger partial charge in [0.15, 0.2) is 0 Å². The molecule has 0 heterocycles. The predicted octanol–water partition coefficient (Wildman–Crippen LogP) is 2.37. The monoisotopic (exact) mass is 219 g/mol. The number of aliphatic hydroxyl groups is 1. The summed E-state index contributed by atoms with van der Waals surface area (Å²) in [6, 6.07) is 4.57. The van der Waals surface area contributed by atoms with Crippen molar-refractivity contribution in [2.75, 3.05) is 0 Å². The van der Waals surface area contributed by atoms with E-state index in [1.54, 1.807) is 25.1 Å². The first-order chi connectivity index (χ1) is 6.02. The molecule has 3 N–H and O–H groups in total. The van der Waals surface area contributed by atoms with Crippen LogP contribution >= 0.6 is 23.2 Å². The van der Waals surface area contributed by atoms with E-state index in [-0.39, 0.29) is 6.04 Å². The maximum Gasteiger partial charge on any atom is 0.0953 e. The minimum atomic E-state index is -0.772. The normalized spacial score (nSPS) is 15.5. The third-order valence-electron chi connectivity index (χ3n) is 1.77. The van der Waals surface area contributed by atoms with Gasteiger partial charge in [0.25, 0.3) is 0 Å². The van der Waals surface area contributed by atoms with Crippen LogP contribution in [0, 0.1) is 0 Å². The van der Waals surface area contributed by atoms with E-state index >= 15 is 0 Å². The standard InChI is InChI=1S/C9H11Cl2NO/c1-5(12)9(13)7-4-6(10)2-3-8(7)11/h2-5,9,13H,12H2,1H3/t5-,9-/m1/s1. The molecule has 0 spiro atoms. The Labute approximate surface area is 87.3 Å². The summed E-state index contributed by atoms with van der Waals surface area (Å²) in [6.45, 7) is 1.71. The van der Waals surface area contributed by atoms with Gasteiger partial charge < -0.3 is 10.8 Å². The van der Waals surface area contributed by atoms with Crippen molar-refractivity contribution in [3.8, 4) is 0 Å². The SMILES string of the molecule is C[C@@H](N)[C@@H](O)c1cc(Cl)ccc1Cl. The molecule has 2 nitrogen and oxygen atoms in total. The highest BCUT2D eigenvalue weighted by Crippen LogP contribution is 2.27. The highest BCUT2D eigenvalue weighted by Gasteiger charge is 2.15. The van der Waals surface area contributed by atoms with Gasteiger partial charge in [0.05, 0.1) is 6.10 Å². The van der Waals surface area contributed by atoms with Crippen LogP contribution < -0.4 is 5.73 Å². The second-order valence-corrected chi connectivity index (χ2v) is 3.81. The molecule has 0 unspecified atom stereocenters. The summed E-state index contributed by atoms with van der Waals surface area (Å²) < 4.78 is 0. The van der Waals surface area contributed by atoms with Crippen molar-refractivity contribution in [2.45, 2.75) is 19.1 Å². The molecule has 2 atom stereocenters. The van der Waals surface area contributed by atoms with E-state index in [2.05, 4.69) is 0 Å². The van der Waals surface area contributed by atoms with Crippen LogP contribution in [0.15, 0.2) is 18.2 Å². The maximum atomic E-state index is 9.63. The van der Waals surface area contributed by atoms with Crippen molar-refractivity contribution in [3.63, 3.8) is 0 Å². The van der Waals surface area contributed by atoms with E-state index < -0.39 is 6.10 Å². The quantitative estimate of drug-likeness (QED) is 0.803. The Morgan fingerprint density at radius 2 is 2.00 bits per heavy atom. The third-order valence-corrected chi connectivity index (χ3v) is 2.35. The highest BCUT2D eigenvalue weighted by molar-refractivity contribution is 6.33. The van der Waals surface area contributed by atoms with Crippen LogP contribution in [0.1, 0.15) is 18.6 Å². The van der Waals surface area contributed by atoms with Crippen LogP contribution in [0.3, 0.4) is 0 Å².